The summed E-state index contributed by atoms with van der Waals surface area (Å²) in [4.78, 5) is 18.8. The normalized spacial score (nSPS) is 11.2. The summed E-state index contributed by atoms with van der Waals surface area (Å²) in [7, 11) is 0. The van der Waals surface area contributed by atoms with Gasteiger partial charge in [0, 0.05) is 11.8 Å². The molecule has 0 spiro atoms. The Balaban J connectivity index is 0.000000188. The highest BCUT2D eigenvalue weighted by Gasteiger charge is 2.29. The van der Waals surface area contributed by atoms with Crippen molar-refractivity contribution in [3.63, 3.8) is 0 Å². The molecule has 0 fully saturated rings. The highest BCUT2D eigenvalue weighted by atomic mass is 19.4. The van der Waals surface area contributed by atoms with Gasteiger partial charge in [-0.1, -0.05) is 29.8 Å². The number of nitrogens with two attached hydrogens (primary N) is 1. The number of hydrogen-bond donors (Lipinski definition) is 3. The smallest absolute Gasteiger partial charge is 0.324 e. The van der Waals surface area contributed by atoms with Crippen LogP contribution in [0.3, 0.4) is 0 Å². The molecule has 6 nitrogen and oxygen atoms in total. The fourth-order valence-electron chi connectivity index (χ4n) is 2.69. The van der Waals surface area contributed by atoms with Crippen molar-refractivity contribution in [2.75, 3.05) is 0 Å². The Labute approximate surface area is 163 Å². The molecule has 9 heteroatoms. The molecule has 4 rings (SSSR count). The van der Waals surface area contributed by atoms with E-state index < -0.39 is 11.7 Å². The van der Waals surface area contributed by atoms with Gasteiger partial charge >= 0.3 is 6.18 Å². The molecule has 0 saturated heterocycles. The maximum atomic E-state index is 12.0. The first kappa shape index (κ1) is 20.3. The Bertz CT molecular complexity index is 1170. The van der Waals surface area contributed by atoms with Crippen LogP contribution in [0.1, 0.15) is 17.0 Å². The van der Waals surface area contributed by atoms with Crippen LogP contribution in [0.2, 0.25) is 0 Å². The lowest BCUT2D eigenvalue weighted by Gasteiger charge is -2.05. The van der Waals surface area contributed by atoms with E-state index in [2.05, 4.69) is 20.2 Å². The van der Waals surface area contributed by atoms with Crippen LogP contribution in [-0.4, -0.2) is 20.2 Å². The Kier molecular flexibility index (Phi) is 5.79. The summed E-state index contributed by atoms with van der Waals surface area (Å²) in [6.45, 7) is 1.85. The maximum Gasteiger partial charge on any atom is 0.416 e. The van der Waals surface area contributed by atoms with E-state index in [9.17, 15) is 18.0 Å². The minimum atomic E-state index is -4.22. The molecule has 0 bridgehead atoms. The zero-order valence-corrected chi connectivity index (χ0v) is 15.4. The standard InChI is InChI=1S/C12H11N5O.C8H7F3/c13-4-11-16-10-2-1-7(8-5-14-15-6-8)3-9(10)12(18)17-11;1-6-3-2-4-7(5-6)8(9,10)11/h1-3,5-6H,4,13H2,(H,14,15)(H,16,17,18);2-5H,1H3. The van der Waals surface area contributed by atoms with Crippen LogP contribution in [0.15, 0.2) is 59.7 Å². The minimum absolute atomic E-state index is 0.175. The first-order valence-corrected chi connectivity index (χ1v) is 8.64. The van der Waals surface area contributed by atoms with Crippen molar-refractivity contribution in [3.05, 3.63) is 82.2 Å². The molecule has 0 unspecified atom stereocenters. The van der Waals surface area contributed by atoms with Crippen LogP contribution in [0.5, 0.6) is 0 Å². The number of aromatic nitrogens is 4. The number of fused-ring (bicyclic) bond motifs is 1. The molecule has 0 radical (unpaired) electrons. The summed E-state index contributed by atoms with van der Waals surface area (Å²) >= 11 is 0. The molecule has 2 aromatic carbocycles. The number of alkyl halides is 3. The van der Waals surface area contributed by atoms with Gasteiger partial charge in [-0.3, -0.25) is 9.89 Å². The molecule has 2 aromatic heterocycles. The Hall–Kier alpha value is -3.46. The molecule has 0 aliphatic rings. The number of hydrogen-bond acceptors (Lipinski definition) is 4. The Morgan fingerprint density at radius 2 is 1.90 bits per heavy atom. The quantitative estimate of drug-likeness (QED) is 0.476. The second-order valence-corrected chi connectivity index (χ2v) is 6.30. The van der Waals surface area contributed by atoms with E-state index >= 15 is 0 Å². The van der Waals surface area contributed by atoms with Gasteiger partial charge < -0.3 is 10.7 Å². The van der Waals surface area contributed by atoms with Gasteiger partial charge in [0.2, 0.25) is 0 Å². The first-order valence-electron chi connectivity index (χ1n) is 8.64. The SMILES string of the molecule is Cc1cccc(C(F)(F)F)c1.NCc1nc2ccc(-c3cn[nH]c3)cc2c(=O)[nH]1. The summed E-state index contributed by atoms with van der Waals surface area (Å²) in [5, 5.41) is 7.17. The van der Waals surface area contributed by atoms with E-state index in [1.54, 1.807) is 31.5 Å². The molecular weight excluding hydrogens is 383 g/mol. The highest BCUT2D eigenvalue weighted by Crippen LogP contribution is 2.29. The average molecular weight is 401 g/mol. The third-order valence-electron chi connectivity index (χ3n) is 4.12. The summed E-state index contributed by atoms with van der Waals surface area (Å²) < 4.78 is 35.9. The fourth-order valence-corrected chi connectivity index (χ4v) is 2.69. The number of aryl methyl sites for hydroxylation is 1. The number of halogens is 3. The lowest BCUT2D eigenvalue weighted by Crippen LogP contribution is -2.14. The second kappa shape index (κ2) is 8.27. The van der Waals surface area contributed by atoms with E-state index in [0.717, 1.165) is 23.3 Å². The van der Waals surface area contributed by atoms with Gasteiger partial charge in [0.05, 0.1) is 29.2 Å². The van der Waals surface area contributed by atoms with Crippen molar-refractivity contribution in [2.45, 2.75) is 19.6 Å². The third-order valence-corrected chi connectivity index (χ3v) is 4.12. The summed E-state index contributed by atoms with van der Waals surface area (Å²) in [6.07, 6.45) is -0.736. The Morgan fingerprint density at radius 3 is 2.48 bits per heavy atom. The number of nitrogens with one attached hydrogen (secondary N) is 2. The predicted molar refractivity (Wildman–Crippen MR) is 104 cm³/mol. The second-order valence-electron chi connectivity index (χ2n) is 6.30. The number of H-pyrrole nitrogens is 2. The molecule has 0 amide bonds. The van der Waals surface area contributed by atoms with E-state index in [4.69, 9.17) is 5.73 Å². The first-order chi connectivity index (χ1) is 13.8. The number of nitrogens with zero attached hydrogens (tertiary/aromatic N) is 2. The summed E-state index contributed by atoms with van der Waals surface area (Å²) in [5.41, 5.74) is 7.83. The van der Waals surface area contributed by atoms with Crippen LogP contribution < -0.4 is 11.3 Å². The van der Waals surface area contributed by atoms with Gasteiger partial charge in [-0.15, -0.1) is 0 Å². The van der Waals surface area contributed by atoms with Crippen molar-refractivity contribution in [3.8, 4) is 11.1 Å². The molecule has 0 saturated carbocycles. The van der Waals surface area contributed by atoms with Crippen molar-refractivity contribution in [1.29, 1.82) is 0 Å². The van der Waals surface area contributed by atoms with Gasteiger partial charge in [-0.25, -0.2) is 4.98 Å². The van der Waals surface area contributed by atoms with E-state index in [0.29, 0.717) is 22.3 Å². The van der Waals surface area contributed by atoms with Crippen LogP contribution in [-0.2, 0) is 12.7 Å². The van der Waals surface area contributed by atoms with Gasteiger partial charge in [0.1, 0.15) is 5.82 Å². The fraction of sp³-hybridized carbons (Fsp3) is 0.150. The minimum Gasteiger partial charge on any atom is -0.324 e. The molecule has 150 valence electrons. The topological polar surface area (TPSA) is 100 Å². The zero-order chi connectivity index (χ0) is 21.0. The maximum absolute atomic E-state index is 12.0. The molecule has 0 aliphatic carbocycles. The number of benzene rings is 2. The van der Waals surface area contributed by atoms with E-state index in [1.807, 2.05) is 12.1 Å². The summed E-state index contributed by atoms with van der Waals surface area (Å²) in [6, 6.07) is 10.7. The van der Waals surface area contributed by atoms with Crippen LogP contribution >= 0.6 is 0 Å². The van der Waals surface area contributed by atoms with Crippen LogP contribution in [0.4, 0.5) is 13.2 Å². The van der Waals surface area contributed by atoms with Crippen LogP contribution in [0, 0.1) is 6.92 Å². The van der Waals surface area contributed by atoms with Gasteiger partial charge in [0.25, 0.3) is 5.56 Å². The van der Waals surface area contributed by atoms with E-state index in [1.165, 1.54) is 6.07 Å². The molecule has 2 heterocycles. The molecule has 0 atom stereocenters. The highest BCUT2D eigenvalue weighted by molar-refractivity contribution is 5.83. The predicted octanol–water partition coefficient (Wildman–Crippen LogP) is 3.79. The van der Waals surface area contributed by atoms with Crippen molar-refractivity contribution in [2.24, 2.45) is 5.73 Å². The Morgan fingerprint density at radius 1 is 1.10 bits per heavy atom. The summed E-state index contributed by atoms with van der Waals surface area (Å²) in [5.74, 6) is 0.489. The number of aromatic amines is 2. The largest absolute Gasteiger partial charge is 0.416 e. The lowest BCUT2D eigenvalue weighted by molar-refractivity contribution is -0.137. The molecule has 4 N–H and O–H groups in total. The van der Waals surface area contributed by atoms with Gasteiger partial charge in [0.15, 0.2) is 0 Å². The van der Waals surface area contributed by atoms with Crippen molar-refractivity contribution < 1.29 is 13.2 Å². The van der Waals surface area contributed by atoms with Gasteiger partial charge in [-0.05, 0) is 30.7 Å². The van der Waals surface area contributed by atoms with Crippen molar-refractivity contribution >= 4 is 10.9 Å². The average Bonchev–Trinajstić information content (AvgIpc) is 3.22. The van der Waals surface area contributed by atoms with Crippen molar-refractivity contribution in [1.82, 2.24) is 20.2 Å². The molecular formula is C20H18F3N5O. The lowest BCUT2D eigenvalue weighted by atomic mass is 10.1. The van der Waals surface area contributed by atoms with E-state index in [-0.39, 0.29) is 12.1 Å². The molecule has 4 aromatic rings. The molecule has 29 heavy (non-hydrogen) atoms. The third kappa shape index (κ3) is 4.88. The number of rotatable bonds is 2. The molecule has 0 aliphatic heterocycles. The monoisotopic (exact) mass is 401 g/mol. The van der Waals surface area contributed by atoms with Crippen LogP contribution in [0.25, 0.3) is 22.0 Å². The zero-order valence-electron chi connectivity index (χ0n) is 15.4. The van der Waals surface area contributed by atoms with Gasteiger partial charge in [-0.2, -0.15) is 18.3 Å².